The van der Waals surface area contributed by atoms with Crippen LogP contribution in [0.1, 0.15) is 43.7 Å². The van der Waals surface area contributed by atoms with Gasteiger partial charge in [-0.05, 0) is 25.0 Å². The van der Waals surface area contributed by atoms with Gasteiger partial charge in [-0.1, -0.05) is 30.1 Å². The predicted molar refractivity (Wildman–Crippen MR) is 77.5 cm³/mol. The van der Waals surface area contributed by atoms with Crippen LogP contribution in [0, 0.1) is 0 Å². The minimum absolute atomic E-state index is 0.135. The molecule has 2 aromatic heterocycles. The molecule has 2 aromatic rings. The average molecular weight is 304 g/mol. The molecule has 0 aromatic carbocycles. The molecule has 0 bridgehead atoms. The number of H-pyrrole nitrogens is 1. The Labute approximate surface area is 121 Å². The van der Waals surface area contributed by atoms with Crippen LogP contribution in [0.4, 0.5) is 0 Å². The van der Waals surface area contributed by atoms with Gasteiger partial charge in [0.1, 0.15) is 5.82 Å². The number of thiophene rings is 1. The Bertz CT molecular complexity index is 495. The molecule has 0 spiro atoms. The van der Waals surface area contributed by atoms with Crippen LogP contribution in [0.2, 0.25) is 8.67 Å². The molecular weight excluding hydrogens is 289 g/mol. The summed E-state index contributed by atoms with van der Waals surface area (Å²) >= 11 is 13.5. The van der Waals surface area contributed by atoms with E-state index in [0.29, 0.717) is 0 Å². The molecule has 6 heteroatoms. The number of halogens is 2. The quantitative estimate of drug-likeness (QED) is 0.849. The molecule has 0 aliphatic rings. The highest BCUT2D eigenvalue weighted by atomic mass is 35.5. The smallest absolute Gasteiger partial charge is 0.123 e. The maximum absolute atomic E-state index is 6.16. The van der Waals surface area contributed by atoms with Crippen LogP contribution in [-0.2, 0) is 0 Å². The van der Waals surface area contributed by atoms with Gasteiger partial charge in [0.25, 0.3) is 0 Å². The number of hydrogen-bond acceptors (Lipinski definition) is 3. The zero-order valence-corrected chi connectivity index (χ0v) is 12.5. The van der Waals surface area contributed by atoms with Crippen molar-refractivity contribution < 1.29 is 0 Å². The number of aromatic amines is 1. The van der Waals surface area contributed by atoms with Gasteiger partial charge in [-0.2, -0.15) is 0 Å². The highest BCUT2D eigenvalue weighted by molar-refractivity contribution is 7.20. The topological polar surface area (TPSA) is 40.7 Å². The molecule has 0 saturated carbocycles. The van der Waals surface area contributed by atoms with Crippen molar-refractivity contribution in [2.45, 2.75) is 32.4 Å². The van der Waals surface area contributed by atoms with E-state index in [4.69, 9.17) is 23.2 Å². The Morgan fingerprint density at radius 1 is 1.50 bits per heavy atom. The van der Waals surface area contributed by atoms with Gasteiger partial charge in [-0.15, -0.1) is 11.3 Å². The summed E-state index contributed by atoms with van der Waals surface area (Å²) in [5.41, 5.74) is 1.04. The van der Waals surface area contributed by atoms with E-state index in [0.717, 1.165) is 26.5 Å². The average Bonchev–Trinajstić information content (AvgIpc) is 2.95. The Kier molecular flexibility index (Phi) is 4.67. The van der Waals surface area contributed by atoms with E-state index in [9.17, 15) is 0 Å². The minimum Gasteiger partial charge on any atom is -0.347 e. The van der Waals surface area contributed by atoms with Gasteiger partial charge in [-0.25, -0.2) is 4.98 Å². The number of aromatic nitrogens is 2. The fraction of sp³-hybridized carbons (Fsp3) is 0.417. The molecule has 0 amide bonds. The van der Waals surface area contributed by atoms with Crippen LogP contribution in [0.5, 0.6) is 0 Å². The minimum atomic E-state index is 0.135. The van der Waals surface area contributed by atoms with Crippen LogP contribution >= 0.6 is 34.5 Å². The number of nitrogens with one attached hydrogen (secondary N) is 2. The van der Waals surface area contributed by atoms with Gasteiger partial charge in [0.2, 0.25) is 0 Å². The lowest BCUT2D eigenvalue weighted by atomic mass is 10.1. The second-order valence-corrected chi connectivity index (χ2v) is 6.39. The largest absolute Gasteiger partial charge is 0.347 e. The summed E-state index contributed by atoms with van der Waals surface area (Å²) in [5, 5.41) is 3.51. The van der Waals surface area contributed by atoms with Gasteiger partial charge < -0.3 is 10.3 Å². The first-order valence-electron chi connectivity index (χ1n) is 5.81. The predicted octanol–water partition coefficient (Wildman–Crippen LogP) is 4.58. The molecule has 2 heterocycles. The Morgan fingerprint density at radius 2 is 2.28 bits per heavy atom. The van der Waals surface area contributed by atoms with Crippen molar-refractivity contribution in [1.29, 1.82) is 0 Å². The molecule has 0 saturated heterocycles. The van der Waals surface area contributed by atoms with E-state index in [2.05, 4.69) is 29.1 Å². The van der Waals surface area contributed by atoms with Crippen molar-refractivity contribution in [2.24, 2.45) is 0 Å². The van der Waals surface area contributed by atoms with E-state index < -0.39 is 0 Å². The molecule has 0 aliphatic heterocycles. The van der Waals surface area contributed by atoms with Crippen LogP contribution in [0.25, 0.3) is 0 Å². The van der Waals surface area contributed by atoms with Crippen LogP contribution in [-0.4, -0.2) is 9.97 Å². The van der Waals surface area contributed by atoms with Gasteiger partial charge in [0, 0.05) is 18.4 Å². The fourth-order valence-corrected chi connectivity index (χ4v) is 3.54. The van der Waals surface area contributed by atoms with E-state index >= 15 is 0 Å². The monoisotopic (exact) mass is 303 g/mol. The summed E-state index contributed by atoms with van der Waals surface area (Å²) in [4.78, 5) is 7.42. The Balaban J connectivity index is 2.10. The first-order chi connectivity index (χ1) is 8.61. The van der Waals surface area contributed by atoms with Crippen molar-refractivity contribution in [3.05, 3.63) is 38.5 Å². The molecule has 2 N–H and O–H groups in total. The molecule has 0 aliphatic carbocycles. The second kappa shape index (κ2) is 6.06. The van der Waals surface area contributed by atoms with E-state index in [1.807, 2.05) is 12.3 Å². The Hall–Kier alpha value is -0.550. The Morgan fingerprint density at radius 3 is 2.78 bits per heavy atom. The standard InChI is InChI=1S/C12H15Cl2N3S/c1-3-9(12-15-4-5-16-12)17-7(2)8-6-10(13)18-11(8)14/h4-7,9,17H,3H2,1-2H3,(H,15,16). The molecule has 3 nitrogen and oxygen atoms in total. The molecule has 2 atom stereocenters. The molecule has 2 unspecified atom stereocenters. The third-order valence-electron chi connectivity index (χ3n) is 2.86. The summed E-state index contributed by atoms with van der Waals surface area (Å²) < 4.78 is 1.46. The summed E-state index contributed by atoms with van der Waals surface area (Å²) in [6.07, 6.45) is 4.55. The van der Waals surface area contributed by atoms with Gasteiger partial charge in [0.15, 0.2) is 0 Å². The molecule has 0 radical (unpaired) electrons. The zero-order chi connectivity index (χ0) is 13.1. The normalized spacial score (nSPS) is 14.7. The van der Waals surface area contributed by atoms with Crippen molar-refractivity contribution >= 4 is 34.5 Å². The highest BCUT2D eigenvalue weighted by Gasteiger charge is 2.18. The van der Waals surface area contributed by atoms with E-state index in [1.54, 1.807) is 6.20 Å². The van der Waals surface area contributed by atoms with Gasteiger partial charge >= 0.3 is 0 Å². The van der Waals surface area contributed by atoms with Crippen molar-refractivity contribution in [2.75, 3.05) is 0 Å². The van der Waals surface area contributed by atoms with Crippen molar-refractivity contribution in [1.82, 2.24) is 15.3 Å². The summed E-state index contributed by atoms with van der Waals surface area (Å²) in [6, 6.07) is 2.24. The van der Waals surface area contributed by atoms with Gasteiger partial charge in [-0.3, -0.25) is 0 Å². The molecular formula is C12H15Cl2N3S. The second-order valence-electron chi connectivity index (χ2n) is 4.10. The maximum atomic E-state index is 6.16. The molecule has 0 fully saturated rings. The van der Waals surface area contributed by atoms with Crippen molar-refractivity contribution in [3.63, 3.8) is 0 Å². The van der Waals surface area contributed by atoms with Gasteiger partial charge in [0.05, 0.1) is 14.7 Å². The third-order valence-corrected chi connectivity index (χ3v) is 4.38. The van der Waals surface area contributed by atoms with E-state index in [1.165, 1.54) is 11.3 Å². The first-order valence-corrected chi connectivity index (χ1v) is 7.39. The van der Waals surface area contributed by atoms with Crippen LogP contribution in [0.15, 0.2) is 18.5 Å². The summed E-state index contributed by atoms with van der Waals surface area (Å²) in [5.74, 6) is 0.946. The maximum Gasteiger partial charge on any atom is 0.123 e. The molecule has 18 heavy (non-hydrogen) atoms. The number of hydrogen-bond donors (Lipinski definition) is 2. The number of imidazole rings is 1. The first kappa shape index (κ1) is 13.9. The lowest BCUT2D eigenvalue weighted by Gasteiger charge is -2.20. The van der Waals surface area contributed by atoms with Crippen LogP contribution < -0.4 is 5.32 Å². The number of rotatable bonds is 5. The van der Waals surface area contributed by atoms with E-state index in [-0.39, 0.29) is 12.1 Å². The van der Waals surface area contributed by atoms with Crippen LogP contribution in [0.3, 0.4) is 0 Å². The summed E-state index contributed by atoms with van der Waals surface area (Å²) in [7, 11) is 0. The summed E-state index contributed by atoms with van der Waals surface area (Å²) in [6.45, 7) is 4.20. The lowest BCUT2D eigenvalue weighted by Crippen LogP contribution is -2.25. The third kappa shape index (κ3) is 3.06. The SMILES string of the molecule is CCC(NC(C)c1cc(Cl)sc1Cl)c1ncc[nH]1. The molecule has 98 valence electrons. The highest BCUT2D eigenvalue weighted by Crippen LogP contribution is 2.35. The fourth-order valence-electron chi connectivity index (χ4n) is 1.90. The van der Waals surface area contributed by atoms with Crippen molar-refractivity contribution in [3.8, 4) is 0 Å². The number of nitrogens with zero attached hydrogens (tertiary/aromatic N) is 1. The zero-order valence-electron chi connectivity index (χ0n) is 10.2. The molecule has 2 rings (SSSR count). The lowest BCUT2D eigenvalue weighted by molar-refractivity contribution is 0.442.